The summed E-state index contributed by atoms with van der Waals surface area (Å²) in [6.45, 7) is 5.48. The van der Waals surface area contributed by atoms with E-state index in [1.807, 2.05) is 0 Å². The minimum atomic E-state index is -0.103. The summed E-state index contributed by atoms with van der Waals surface area (Å²) < 4.78 is 1.65. The molecule has 5 heteroatoms. The highest BCUT2D eigenvalue weighted by Gasteiger charge is 2.04. The van der Waals surface area contributed by atoms with Crippen LogP contribution in [-0.2, 0) is 6.54 Å². The smallest absolute Gasteiger partial charge is 0.293 e. The number of nitrogens with one attached hydrogen (secondary N) is 1. The molecule has 0 fully saturated rings. The van der Waals surface area contributed by atoms with Crippen LogP contribution in [-0.4, -0.2) is 27.8 Å². The minimum absolute atomic E-state index is 0.103. The van der Waals surface area contributed by atoms with E-state index < -0.39 is 0 Å². The first-order valence-electron chi connectivity index (χ1n) is 5.55. The van der Waals surface area contributed by atoms with E-state index in [-0.39, 0.29) is 12.2 Å². The number of aliphatic hydroxyl groups excluding tert-OH is 1. The van der Waals surface area contributed by atoms with Crippen molar-refractivity contribution in [2.75, 3.05) is 18.5 Å². The molecule has 0 atom stereocenters. The zero-order chi connectivity index (χ0) is 12.0. The SMILES string of the molecule is CC(C)Cn1ccnc(NCCCO)c1=O. The van der Waals surface area contributed by atoms with Crippen molar-refractivity contribution < 1.29 is 5.11 Å². The molecule has 0 aliphatic carbocycles. The molecule has 1 aromatic rings. The zero-order valence-corrected chi connectivity index (χ0v) is 9.81. The fourth-order valence-electron chi connectivity index (χ4n) is 1.39. The van der Waals surface area contributed by atoms with Crippen molar-refractivity contribution in [2.45, 2.75) is 26.8 Å². The normalized spacial score (nSPS) is 10.8. The third-order valence-corrected chi connectivity index (χ3v) is 2.10. The van der Waals surface area contributed by atoms with Gasteiger partial charge in [0.2, 0.25) is 0 Å². The second-order valence-electron chi connectivity index (χ2n) is 4.13. The Morgan fingerprint density at radius 2 is 2.31 bits per heavy atom. The number of rotatable bonds is 6. The molecule has 0 unspecified atom stereocenters. The molecular weight excluding hydrogens is 206 g/mol. The van der Waals surface area contributed by atoms with Crippen LogP contribution in [0.15, 0.2) is 17.2 Å². The van der Waals surface area contributed by atoms with Gasteiger partial charge in [-0.3, -0.25) is 4.79 Å². The minimum Gasteiger partial charge on any atom is -0.396 e. The average molecular weight is 225 g/mol. The zero-order valence-electron chi connectivity index (χ0n) is 9.81. The van der Waals surface area contributed by atoms with Gasteiger partial charge in [0.05, 0.1) is 0 Å². The van der Waals surface area contributed by atoms with Crippen LogP contribution < -0.4 is 10.9 Å². The lowest BCUT2D eigenvalue weighted by molar-refractivity contribution is 0.292. The average Bonchev–Trinajstić information content (AvgIpc) is 2.23. The van der Waals surface area contributed by atoms with Crippen LogP contribution in [0.5, 0.6) is 0 Å². The van der Waals surface area contributed by atoms with Crippen LogP contribution in [0.3, 0.4) is 0 Å². The Labute approximate surface area is 95.1 Å². The van der Waals surface area contributed by atoms with Gasteiger partial charge in [0.1, 0.15) is 0 Å². The lowest BCUT2D eigenvalue weighted by Gasteiger charge is -2.10. The van der Waals surface area contributed by atoms with Crippen molar-refractivity contribution in [3.05, 3.63) is 22.7 Å². The summed E-state index contributed by atoms with van der Waals surface area (Å²) in [7, 11) is 0. The maximum atomic E-state index is 11.9. The van der Waals surface area contributed by atoms with E-state index in [1.165, 1.54) is 0 Å². The highest BCUT2D eigenvalue weighted by Crippen LogP contribution is 1.98. The van der Waals surface area contributed by atoms with E-state index in [0.29, 0.717) is 31.2 Å². The number of anilines is 1. The molecule has 0 aliphatic rings. The maximum absolute atomic E-state index is 11.9. The summed E-state index contributed by atoms with van der Waals surface area (Å²) >= 11 is 0. The number of aromatic nitrogens is 2. The van der Waals surface area contributed by atoms with Gasteiger partial charge in [0.15, 0.2) is 5.82 Å². The Bertz CT molecular complexity index is 374. The first kappa shape index (κ1) is 12.7. The van der Waals surface area contributed by atoms with E-state index in [2.05, 4.69) is 24.1 Å². The van der Waals surface area contributed by atoms with Gasteiger partial charge in [-0.2, -0.15) is 0 Å². The van der Waals surface area contributed by atoms with Crippen LogP contribution in [0.25, 0.3) is 0 Å². The van der Waals surface area contributed by atoms with Crippen LogP contribution in [0.2, 0.25) is 0 Å². The monoisotopic (exact) mass is 225 g/mol. The van der Waals surface area contributed by atoms with Crippen molar-refractivity contribution in [3.8, 4) is 0 Å². The maximum Gasteiger partial charge on any atom is 0.293 e. The Hall–Kier alpha value is -1.36. The number of nitrogens with zero attached hydrogens (tertiary/aromatic N) is 2. The quantitative estimate of drug-likeness (QED) is 0.699. The van der Waals surface area contributed by atoms with Crippen LogP contribution in [0.4, 0.5) is 5.82 Å². The molecule has 0 saturated heterocycles. The highest BCUT2D eigenvalue weighted by atomic mass is 16.3. The summed E-state index contributed by atoms with van der Waals surface area (Å²) in [6.07, 6.45) is 3.92. The largest absolute Gasteiger partial charge is 0.396 e. The van der Waals surface area contributed by atoms with Crippen molar-refractivity contribution in [1.82, 2.24) is 9.55 Å². The van der Waals surface area contributed by atoms with E-state index in [0.717, 1.165) is 0 Å². The Morgan fingerprint density at radius 3 is 2.94 bits per heavy atom. The molecule has 0 saturated carbocycles. The second kappa shape index (κ2) is 6.27. The molecule has 90 valence electrons. The lowest BCUT2D eigenvalue weighted by Crippen LogP contribution is -2.26. The van der Waals surface area contributed by atoms with Gasteiger partial charge in [-0.25, -0.2) is 4.98 Å². The summed E-state index contributed by atoms with van der Waals surface area (Å²) in [5.74, 6) is 0.780. The molecule has 0 spiro atoms. The van der Waals surface area contributed by atoms with Crippen molar-refractivity contribution >= 4 is 5.82 Å². The fraction of sp³-hybridized carbons (Fsp3) is 0.636. The van der Waals surface area contributed by atoms with E-state index >= 15 is 0 Å². The van der Waals surface area contributed by atoms with Gasteiger partial charge < -0.3 is 15.0 Å². The summed E-state index contributed by atoms with van der Waals surface area (Å²) in [4.78, 5) is 15.9. The third kappa shape index (κ3) is 3.66. The van der Waals surface area contributed by atoms with Gasteiger partial charge in [-0.05, 0) is 12.3 Å². The number of hydrogen-bond donors (Lipinski definition) is 2. The molecule has 2 N–H and O–H groups in total. The molecule has 0 amide bonds. The Kier molecular flexibility index (Phi) is 4.98. The van der Waals surface area contributed by atoms with Crippen LogP contribution >= 0.6 is 0 Å². The lowest BCUT2D eigenvalue weighted by atomic mass is 10.2. The van der Waals surface area contributed by atoms with Gasteiger partial charge in [-0.15, -0.1) is 0 Å². The Morgan fingerprint density at radius 1 is 1.56 bits per heavy atom. The first-order valence-corrected chi connectivity index (χ1v) is 5.55. The molecule has 0 bridgehead atoms. The van der Waals surface area contributed by atoms with Crippen molar-refractivity contribution in [1.29, 1.82) is 0 Å². The van der Waals surface area contributed by atoms with E-state index in [9.17, 15) is 4.79 Å². The van der Waals surface area contributed by atoms with E-state index in [4.69, 9.17) is 5.11 Å². The molecule has 5 nitrogen and oxygen atoms in total. The second-order valence-corrected chi connectivity index (χ2v) is 4.13. The van der Waals surface area contributed by atoms with E-state index in [1.54, 1.807) is 17.0 Å². The van der Waals surface area contributed by atoms with Crippen molar-refractivity contribution in [2.24, 2.45) is 5.92 Å². The molecular formula is C11H19N3O2. The predicted octanol–water partition coefficient (Wildman–Crippen LogP) is 0.694. The topological polar surface area (TPSA) is 67.2 Å². The van der Waals surface area contributed by atoms with Crippen molar-refractivity contribution in [3.63, 3.8) is 0 Å². The summed E-state index contributed by atoms with van der Waals surface area (Å²) in [5.41, 5.74) is -0.103. The van der Waals surface area contributed by atoms with Gasteiger partial charge in [0.25, 0.3) is 5.56 Å². The molecule has 0 aromatic carbocycles. The van der Waals surface area contributed by atoms with Gasteiger partial charge >= 0.3 is 0 Å². The number of aliphatic hydroxyl groups is 1. The van der Waals surface area contributed by atoms with Gasteiger partial charge in [0, 0.05) is 32.1 Å². The third-order valence-electron chi connectivity index (χ3n) is 2.10. The van der Waals surface area contributed by atoms with Crippen LogP contribution in [0.1, 0.15) is 20.3 Å². The molecule has 1 rings (SSSR count). The summed E-state index contributed by atoms with van der Waals surface area (Å²) in [6, 6.07) is 0. The predicted molar refractivity (Wildman–Crippen MR) is 63.5 cm³/mol. The van der Waals surface area contributed by atoms with Crippen LogP contribution in [0, 0.1) is 5.92 Å². The molecule has 0 aliphatic heterocycles. The molecule has 1 aromatic heterocycles. The molecule has 16 heavy (non-hydrogen) atoms. The molecule has 1 heterocycles. The fourth-order valence-corrected chi connectivity index (χ4v) is 1.39. The number of hydrogen-bond acceptors (Lipinski definition) is 4. The molecule has 0 radical (unpaired) electrons. The highest BCUT2D eigenvalue weighted by molar-refractivity contribution is 5.30. The Balaban J connectivity index is 2.74. The first-order chi connectivity index (χ1) is 7.65. The summed E-state index contributed by atoms with van der Waals surface area (Å²) in [5, 5.41) is 11.6. The standard InChI is InChI=1S/C11H19N3O2/c1-9(2)8-14-6-5-13-10(11(14)16)12-4-3-7-15/h5-6,9,15H,3-4,7-8H2,1-2H3,(H,12,13). The van der Waals surface area contributed by atoms with Gasteiger partial charge in [-0.1, -0.05) is 13.8 Å².